The molecule has 4 heteroatoms. The summed E-state index contributed by atoms with van der Waals surface area (Å²) in [5, 5.41) is 6.65. The van der Waals surface area contributed by atoms with Crippen LogP contribution in [0.1, 0.15) is 0 Å². The molecule has 28 heavy (non-hydrogen) atoms. The minimum absolute atomic E-state index is 0.833. The first-order valence-electron chi connectivity index (χ1n) is 9.08. The lowest BCUT2D eigenvalue weighted by molar-refractivity contribution is 1.23. The van der Waals surface area contributed by atoms with Crippen molar-refractivity contribution in [1.29, 1.82) is 0 Å². The highest BCUT2D eigenvalue weighted by molar-refractivity contribution is 7.17. The van der Waals surface area contributed by atoms with Gasteiger partial charge in [0.15, 0.2) is 0 Å². The van der Waals surface area contributed by atoms with Gasteiger partial charge in [-0.05, 0) is 28.8 Å². The maximum atomic E-state index is 4.51. The third-order valence-corrected chi connectivity index (χ3v) is 5.60. The Morgan fingerprint density at radius 1 is 0.643 bits per heavy atom. The quantitative estimate of drug-likeness (QED) is 0.374. The van der Waals surface area contributed by atoms with Crippen LogP contribution in [0.15, 0.2) is 96.6 Å². The Balaban J connectivity index is 1.56. The van der Waals surface area contributed by atoms with Crippen molar-refractivity contribution >= 4 is 33.1 Å². The number of anilines is 2. The lowest BCUT2D eigenvalue weighted by atomic mass is 10.0. The molecule has 0 unspecified atom stereocenters. The summed E-state index contributed by atoms with van der Waals surface area (Å²) < 4.78 is 0. The molecule has 0 atom stereocenters. The van der Waals surface area contributed by atoms with Crippen LogP contribution >= 0.6 is 11.3 Å². The zero-order chi connectivity index (χ0) is 18.8. The zero-order valence-electron chi connectivity index (χ0n) is 15.0. The Morgan fingerprint density at radius 3 is 2.04 bits per heavy atom. The van der Waals surface area contributed by atoms with Crippen LogP contribution in [0.5, 0.6) is 0 Å². The number of para-hydroxylation sites is 1. The van der Waals surface area contributed by atoms with Gasteiger partial charge in [-0.25, -0.2) is 9.97 Å². The zero-order valence-corrected chi connectivity index (χ0v) is 15.9. The molecule has 2 heterocycles. The second-order valence-electron chi connectivity index (χ2n) is 6.49. The molecular formula is C24H17N3S. The van der Waals surface area contributed by atoms with E-state index in [-0.39, 0.29) is 0 Å². The molecule has 0 aliphatic carbocycles. The lowest BCUT2D eigenvalue weighted by Crippen LogP contribution is -1.95. The van der Waals surface area contributed by atoms with Crippen molar-refractivity contribution in [3.63, 3.8) is 0 Å². The van der Waals surface area contributed by atoms with Crippen LogP contribution in [0.2, 0.25) is 0 Å². The Kier molecular flexibility index (Phi) is 4.31. The summed E-state index contributed by atoms with van der Waals surface area (Å²) in [5.41, 5.74) is 5.76. The molecule has 0 saturated carbocycles. The number of thiophene rings is 1. The van der Waals surface area contributed by atoms with Gasteiger partial charge in [-0.2, -0.15) is 0 Å². The number of hydrogen-bond donors (Lipinski definition) is 1. The van der Waals surface area contributed by atoms with Crippen molar-refractivity contribution in [1.82, 2.24) is 9.97 Å². The van der Waals surface area contributed by atoms with E-state index in [4.69, 9.17) is 0 Å². The monoisotopic (exact) mass is 379 g/mol. The second-order valence-corrected chi connectivity index (χ2v) is 7.34. The fourth-order valence-electron chi connectivity index (χ4n) is 3.31. The van der Waals surface area contributed by atoms with Crippen molar-refractivity contribution in [2.24, 2.45) is 0 Å². The van der Waals surface area contributed by atoms with Gasteiger partial charge in [0.05, 0.1) is 5.39 Å². The normalized spacial score (nSPS) is 10.9. The van der Waals surface area contributed by atoms with Crippen LogP contribution in [-0.2, 0) is 0 Å². The van der Waals surface area contributed by atoms with Gasteiger partial charge in [-0.15, -0.1) is 11.3 Å². The van der Waals surface area contributed by atoms with E-state index in [0.29, 0.717) is 0 Å². The first-order valence-corrected chi connectivity index (χ1v) is 9.96. The van der Waals surface area contributed by atoms with Crippen LogP contribution in [-0.4, -0.2) is 9.97 Å². The molecule has 5 rings (SSSR count). The van der Waals surface area contributed by atoms with Crippen molar-refractivity contribution in [2.45, 2.75) is 0 Å². The number of aromatic nitrogens is 2. The van der Waals surface area contributed by atoms with Crippen molar-refractivity contribution in [3.8, 4) is 22.3 Å². The van der Waals surface area contributed by atoms with E-state index in [2.05, 4.69) is 69.2 Å². The van der Waals surface area contributed by atoms with Gasteiger partial charge in [-0.3, -0.25) is 0 Å². The summed E-state index contributed by atoms with van der Waals surface area (Å²) in [6.45, 7) is 0. The number of rotatable bonds is 4. The van der Waals surface area contributed by atoms with Gasteiger partial charge in [0.1, 0.15) is 17.0 Å². The van der Waals surface area contributed by atoms with E-state index in [0.717, 1.165) is 32.8 Å². The molecule has 0 amide bonds. The van der Waals surface area contributed by atoms with Gasteiger partial charge in [0, 0.05) is 16.6 Å². The van der Waals surface area contributed by atoms with Crippen molar-refractivity contribution < 1.29 is 0 Å². The molecule has 3 aromatic carbocycles. The largest absolute Gasteiger partial charge is 0.340 e. The fraction of sp³-hybridized carbons (Fsp3) is 0. The summed E-state index contributed by atoms with van der Waals surface area (Å²) in [7, 11) is 0. The maximum absolute atomic E-state index is 4.51. The highest BCUT2D eigenvalue weighted by Gasteiger charge is 2.13. The Morgan fingerprint density at radius 2 is 1.29 bits per heavy atom. The Hall–Kier alpha value is -3.50. The van der Waals surface area contributed by atoms with Gasteiger partial charge in [0.25, 0.3) is 0 Å². The Bertz CT molecular complexity index is 1210. The number of nitrogens with zero attached hydrogens (tertiary/aromatic N) is 2. The van der Waals surface area contributed by atoms with Crippen LogP contribution in [0.25, 0.3) is 32.5 Å². The van der Waals surface area contributed by atoms with E-state index >= 15 is 0 Å². The summed E-state index contributed by atoms with van der Waals surface area (Å²) >= 11 is 1.64. The predicted octanol–water partition coefficient (Wildman–Crippen LogP) is 6.77. The van der Waals surface area contributed by atoms with Crippen LogP contribution < -0.4 is 5.32 Å². The summed E-state index contributed by atoms with van der Waals surface area (Å²) in [6.07, 6.45) is 1.62. The number of hydrogen-bond acceptors (Lipinski definition) is 4. The van der Waals surface area contributed by atoms with E-state index in [1.54, 1.807) is 17.7 Å². The minimum Gasteiger partial charge on any atom is -0.340 e. The summed E-state index contributed by atoms with van der Waals surface area (Å²) in [4.78, 5) is 9.95. The Labute approximate surface area is 167 Å². The number of fused-ring (bicyclic) bond motifs is 1. The third-order valence-electron chi connectivity index (χ3n) is 4.71. The molecule has 0 aliphatic heterocycles. The van der Waals surface area contributed by atoms with Crippen molar-refractivity contribution in [3.05, 3.63) is 96.6 Å². The smallest absolute Gasteiger partial charge is 0.143 e. The molecule has 0 radical (unpaired) electrons. The molecule has 0 fully saturated rings. The molecule has 0 aliphatic rings. The van der Waals surface area contributed by atoms with E-state index in [1.165, 1.54) is 11.1 Å². The fourth-order valence-corrected chi connectivity index (χ4v) is 4.23. The molecule has 1 N–H and O–H groups in total. The van der Waals surface area contributed by atoms with Crippen LogP contribution in [0.3, 0.4) is 0 Å². The average Bonchev–Trinajstić information content (AvgIpc) is 3.21. The first kappa shape index (κ1) is 16.7. The topological polar surface area (TPSA) is 37.8 Å². The average molecular weight is 379 g/mol. The van der Waals surface area contributed by atoms with E-state index in [9.17, 15) is 0 Å². The highest BCUT2D eigenvalue weighted by atomic mass is 32.1. The molecule has 134 valence electrons. The SMILES string of the molecule is c1ccc(Nc2ncnc3scc(-c4ccc(-c5ccccc5)cc4)c23)cc1. The lowest BCUT2D eigenvalue weighted by Gasteiger charge is -2.09. The number of benzene rings is 3. The first-order chi connectivity index (χ1) is 13.9. The summed E-state index contributed by atoms with van der Waals surface area (Å²) in [6, 6.07) is 29.2. The predicted molar refractivity (Wildman–Crippen MR) is 118 cm³/mol. The second kappa shape index (κ2) is 7.25. The van der Waals surface area contributed by atoms with E-state index < -0.39 is 0 Å². The van der Waals surface area contributed by atoms with Gasteiger partial charge in [-0.1, -0.05) is 72.8 Å². The highest BCUT2D eigenvalue weighted by Crippen LogP contribution is 2.38. The van der Waals surface area contributed by atoms with Gasteiger partial charge >= 0.3 is 0 Å². The molecule has 2 aromatic heterocycles. The molecule has 0 spiro atoms. The number of nitrogens with one attached hydrogen (secondary N) is 1. The minimum atomic E-state index is 0.833. The van der Waals surface area contributed by atoms with Gasteiger partial charge < -0.3 is 5.32 Å². The molecule has 3 nitrogen and oxygen atoms in total. The molecule has 0 bridgehead atoms. The molecule has 5 aromatic rings. The molecule has 0 saturated heterocycles. The molecular weight excluding hydrogens is 362 g/mol. The maximum Gasteiger partial charge on any atom is 0.143 e. The van der Waals surface area contributed by atoms with Crippen LogP contribution in [0, 0.1) is 0 Å². The standard InChI is InChI=1S/C24H17N3S/c1-3-7-17(8-4-1)18-11-13-19(14-12-18)21-15-28-24-22(21)23(25-16-26-24)27-20-9-5-2-6-10-20/h1-16H,(H,25,26,27). The third kappa shape index (κ3) is 3.15. The summed E-state index contributed by atoms with van der Waals surface area (Å²) in [5.74, 6) is 0.833. The van der Waals surface area contributed by atoms with E-state index in [1.807, 2.05) is 36.4 Å². The van der Waals surface area contributed by atoms with Gasteiger partial charge in [0.2, 0.25) is 0 Å². The van der Waals surface area contributed by atoms with Crippen molar-refractivity contribution in [2.75, 3.05) is 5.32 Å². The van der Waals surface area contributed by atoms with Crippen LogP contribution in [0.4, 0.5) is 11.5 Å².